The van der Waals surface area contributed by atoms with Crippen molar-refractivity contribution in [1.29, 1.82) is 0 Å². The highest BCUT2D eigenvalue weighted by Crippen LogP contribution is 2.14. The minimum Gasteiger partial charge on any atom is -0.392 e. The number of nitrogens with zero attached hydrogens (tertiary/aromatic N) is 2. The van der Waals surface area contributed by atoms with Crippen molar-refractivity contribution in [3.8, 4) is 0 Å². The molecule has 0 aliphatic heterocycles. The lowest BCUT2D eigenvalue weighted by Crippen LogP contribution is -1.90. The number of aliphatic hydroxyl groups excluding tert-OH is 1. The van der Waals surface area contributed by atoms with Crippen LogP contribution in [0.25, 0.3) is 17.1 Å². The first-order valence-electron chi connectivity index (χ1n) is 4.52. The van der Waals surface area contributed by atoms with Gasteiger partial charge in [-0.3, -0.25) is 0 Å². The van der Waals surface area contributed by atoms with Gasteiger partial charge < -0.3 is 9.67 Å². The van der Waals surface area contributed by atoms with Crippen molar-refractivity contribution in [1.82, 2.24) is 9.55 Å². The van der Waals surface area contributed by atoms with E-state index in [9.17, 15) is 0 Å². The van der Waals surface area contributed by atoms with E-state index in [-0.39, 0.29) is 6.61 Å². The van der Waals surface area contributed by atoms with Crippen LogP contribution in [-0.2, 0) is 7.05 Å². The zero-order valence-corrected chi connectivity index (χ0v) is 8.01. The minimum atomic E-state index is 0.0448. The van der Waals surface area contributed by atoms with Crippen molar-refractivity contribution in [3.63, 3.8) is 0 Å². The molecule has 0 fully saturated rings. The highest BCUT2D eigenvalue weighted by Gasteiger charge is 2.02. The monoisotopic (exact) mass is 188 g/mol. The van der Waals surface area contributed by atoms with Crippen LogP contribution < -0.4 is 0 Å². The van der Waals surface area contributed by atoms with Gasteiger partial charge in [-0.1, -0.05) is 18.2 Å². The van der Waals surface area contributed by atoms with E-state index in [2.05, 4.69) is 4.98 Å². The standard InChI is InChI=1S/C11H12N2O/c1-13-10-6-3-2-5-9(10)12-11(13)7-4-8-14/h2-7,14H,8H2,1H3/b7-4+. The fourth-order valence-corrected chi connectivity index (χ4v) is 1.47. The summed E-state index contributed by atoms with van der Waals surface area (Å²) in [6.45, 7) is 0.0448. The van der Waals surface area contributed by atoms with Gasteiger partial charge in [-0.05, 0) is 18.2 Å². The van der Waals surface area contributed by atoms with E-state index in [1.165, 1.54) is 0 Å². The Morgan fingerprint density at radius 1 is 1.43 bits per heavy atom. The Bertz CT molecular complexity index is 471. The average Bonchev–Trinajstić information content (AvgIpc) is 2.54. The molecule has 0 atom stereocenters. The number of hydrogen-bond acceptors (Lipinski definition) is 2. The molecule has 14 heavy (non-hydrogen) atoms. The molecule has 1 aromatic carbocycles. The summed E-state index contributed by atoms with van der Waals surface area (Å²) in [6, 6.07) is 7.96. The van der Waals surface area contributed by atoms with Gasteiger partial charge in [-0.2, -0.15) is 0 Å². The van der Waals surface area contributed by atoms with Crippen molar-refractivity contribution >= 4 is 17.1 Å². The number of para-hydroxylation sites is 2. The molecule has 0 saturated heterocycles. The van der Waals surface area contributed by atoms with Crippen molar-refractivity contribution < 1.29 is 5.11 Å². The second kappa shape index (κ2) is 3.64. The molecule has 3 heteroatoms. The third kappa shape index (κ3) is 1.42. The van der Waals surface area contributed by atoms with Crippen LogP contribution in [0.2, 0.25) is 0 Å². The maximum absolute atomic E-state index is 8.67. The van der Waals surface area contributed by atoms with Crippen LogP contribution in [0.3, 0.4) is 0 Å². The Morgan fingerprint density at radius 2 is 2.21 bits per heavy atom. The van der Waals surface area contributed by atoms with E-state index in [4.69, 9.17) is 5.11 Å². The van der Waals surface area contributed by atoms with E-state index < -0.39 is 0 Å². The fraction of sp³-hybridized carbons (Fsp3) is 0.182. The highest BCUT2D eigenvalue weighted by atomic mass is 16.2. The van der Waals surface area contributed by atoms with E-state index in [0.29, 0.717) is 0 Å². The lowest BCUT2D eigenvalue weighted by molar-refractivity contribution is 0.343. The minimum absolute atomic E-state index is 0.0448. The zero-order chi connectivity index (χ0) is 9.97. The second-order valence-corrected chi connectivity index (χ2v) is 3.10. The molecule has 1 N–H and O–H groups in total. The lowest BCUT2D eigenvalue weighted by Gasteiger charge is -1.95. The van der Waals surface area contributed by atoms with E-state index >= 15 is 0 Å². The largest absolute Gasteiger partial charge is 0.392 e. The average molecular weight is 188 g/mol. The Balaban J connectivity index is 2.57. The molecule has 3 nitrogen and oxygen atoms in total. The smallest absolute Gasteiger partial charge is 0.133 e. The number of hydrogen-bond donors (Lipinski definition) is 1. The van der Waals surface area contributed by atoms with Gasteiger partial charge in [0.1, 0.15) is 5.82 Å². The molecule has 0 saturated carbocycles. The van der Waals surface area contributed by atoms with Crippen LogP contribution in [0, 0.1) is 0 Å². The molecule has 2 aromatic rings. The predicted octanol–water partition coefficient (Wildman–Crippen LogP) is 1.58. The number of aryl methyl sites for hydroxylation is 1. The fourth-order valence-electron chi connectivity index (χ4n) is 1.47. The quantitative estimate of drug-likeness (QED) is 0.777. The van der Waals surface area contributed by atoms with Crippen LogP contribution in [0.5, 0.6) is 0 Å². The number of aromatic nitrogens is 2. The molecule has 1 heterocycles. The third-order valence-corrected chi connectivity index (χ3v) is 2.19. The summed E-state index contributed by atoms with van der Waals surface area (Å²) < 4.78 is 2.00. The molecule has 0 amide bonds. The summed E-state index contributed by atoms with van der Waals surface area (Å²) in [6.07, 6.45) is 3.50. The summed E-state index contributed by atoms with van der Waals surface area (Å²) >= 11 is 0. The predicted molar refractivity (Wildman–Crippen MR) is 56.8 cm³/mol. The number of fused-ring (bicyclic) bond motifs is 1. The van der Waals surface area contributed by atoms with Crippen molar-refractivity contribution in [3.05, 3.63) is 36.2 Å². The molecule has 0 spiro atoms. The topological polar surface area (TPSA) is 38.0 Å². The molecular weight excluding hydrogens is 176 g/mol. The molecule has 0 aliphatic rings. The zero-order valence-electron chi connectivity index (χ0n) is 8.01. The Kier molecular flexibility index (Phi) is 2.33. The maximum atomic E-state index is 8.67. The molecule has 72 valence electrons. The van der Waals surface area contributed by atoms with Gasteiger partial charge in [0.2, 0.25) is 0 Å². The molecular formula is C11H12N2O. The van der Waals surface area contributed by atoms with Crippen LogP contribution in [0.15, 0.2) is 30.3 Å². The third-order valence-electron chi connectivity index (χ3n) is 2.19. The van der Waals surface area contributed by atoms with Gasteiger partial charge in [0.05, 0.1) is 17.6 Å². The van der Waals surface area contributed by atoms with E-state index in [0.717, 1.165) is 16.9 Å². The van der Waals surface area contributed by atoms with Crippen molar-refractivity contribution in [2.45, 2.75) is 0 Å². The number of aliphatic hydroxyl groups is 1. The van der Waals surface area contributed by atoms with Crippen molar-refractivity contribution in [2.24, 2.45) is 7.05 Å². The van der Waals surface area contributed by atoms with Gasteiger partial charge in [0, 0.05) is 7.05 Å². The van der Waals surface area contributed by atoms with Crippen LogP contribution in [0.4, 0.5) is 0 Å². The summed E-state index contributed by atoms with van der Waals surface area (Å²) in [7, 11) is 1.96. The van der Waals surface area contributed by atoms with Gasteiger partial charge in [-0.15, -0.1) is 0 Å². The van der Waals surface area contributed by atoms with Gasteiger partial charge >= 0.3 is 0 Å². The summed E-state index contributed by atoms with van der Waals surface area (Å²) in [4.78, 5) is 4.41. The lowest BCUT2D eigenvalue weighted by atomic mass is 10.3. The highest BCUT2D eigenvalue weighted by molar-refractivity contribution is 5.77. The Hall–Kier alpha value is -1.61. The van der Waals surface area contributed by atoms with Gasteiger partial charge in [0.15, 0.2) is 0 Å². The SMILES string of the molecule is Cn1c(/C=C/CO)nc2ccccc21. The van der Waals surface area contributed by atoms with Crippen LogP contribution >= 0.6 is 0 Å². The molecule has 0 unspecified atom stereocenters. The van der Waals surface area contributed by atoms with E-state index in [1.54, 1.807) is 6.08 Å². The van der Waals surface area contributed by atoms with E-state index in [1.807, 2.05) is 42.0 Å². The molecule has 0 aliphatic carbocycles. The first-order chi connectivity index (χ1) is 6.83. The first kappa shape index (κ1) is 8.97. The molecule has 2 rings (SSSR count). The Labute approximate surface area is 82.3 Å². The molecule has 1 aromatic heterocycles. The summed E-state index contributed by atoms with van der Waals surface area (Å²) in [5.74, 6) is 0.861. The number of rotatable bonds is 2. The summed E-state index contributed by atoms with van der Waals surface area (Å²) in [5.41, 5.74) is 2.08. The van der Waals surface area contributed by atoms with Gasteiger partial charge in [0.25, 0.3) is 0 Å². The maximum Gasteiger partial charge on any atom is 0.133 e. The first-order valence-corrected chi connectivity index (χ1v) is 4.52. The summed E-state index contributed by atoms with van der Waals surface area (Å²) in [5, 5.41) is 8.67. The molecule has 0 radical (unpaired) electrons. The van der Waals surface area contributed by atoms with Gasteiger partial charge in [-0.25, -0.2) is 4.98 Å². The van der Waals surface area contributed by atoms with Crippen LogP contribution in [-0.4, -0.2) is 21.3 Å². The normalized spacial score (nSPS) is 11.6. The van der Waals surface area contributed by atoms with Crippen molar-refractivity contribution in [2.75, 3.05) is 6.61 Å². The van der Waals surface area contributed by atoms with Crippen LogP contribution in [0.1, 0.15) is 5.82 Å². The number of benzene rings is 1. The second-order valence-electron chi connectivity index (χ2n) is 3.10. The Morgan fingerprint density at radius 3 is 2.93 bits per heavy atom. The molecule has 0 bridgehead atoms. The number of imidazole rings is 1.